The molecule has 0 saturated carbocycles. The third-order valence-corrected chi connectivity index (χ3v) is 7.63. The van der Waals surface area contributed by atoms with Crippen LogP contribution in [0.4, 0.5) is 0 Å². The van der Waals surface area contributed by atoms with E-state index in [1.165, 1.54) is 30.9 Å². The Labute approximate surface area is 207 Å². The third kappa shape index (κ3) is 3.59. The van der Waals surface area contributed by atoms with E-state index in [9.17, 15) is 0 Å². The van der Waals surface area contributed by atoms with Crippen LogP contribution in [0.3, 0.4) is 0 Å². The monoisotopic (exact) mass is 467 g/mol. The van der Waals surface area contributed by atoms with Crippen LogP contribution < -0.4 is 5.32 Å². The molecule has 1 aromatic heterocycles. The van der Waals surface area contributed by atoms with Crippen molar-refractivity contribution in [2.24, 2.45) is 9.98 Å². The molecule has 7 rings (SSSR count). The summed E-state index contributed by atoms with van der Waals surface area (Å²) in [5.74, 6) is 1.58. The maximum absolute atomic E-state index is 5.02. The van der Waals surface area contributed by atoms with E-state index in [0.717, 1.165) is 28.4 Å². The number of amidine groups is 2. The van der Waals surface area contributed by atoms with E-state index in [0.29, 0.717) is 0 Å². The van der Waals surface area contributed by atoms with Gasteiger partial charge in [-0.15, -0.1) is 11.3 Å². The first kappa shape index (κ1) is 20.1. The van der Waals surface area contributed by atoms with E-state index in [4.69, 9.17) is 9.98 Å². The summed E-state index contributed by atoms with van der Waals surface area (Å²) >= 11 is 1.85. The molecule has 166 valence electrons. The second-order valence-electron chi connectivity index (χ2n) is 8.75. The fourth-order valence-electron chi connectivity index (χ4n) is 4.73. The highest BCUT2D eigenvalue weighted by atomic mass is 32.1. The lowest BCUT2D eigenvalue weighted by Gasteiger charge is -2.23. The average molecular weight is 468 g/mol. The highest BCUT2D eigenvalue weighted by Gasteiger charge is 2.21. The van der Waals surface area contributed by atoms with Crippen molar-refractivity contribution in [2.75, 3.05) is 0 Å². The van der Waals surface area contributed by atoms with Gasteiger partial charge in [0.05, 0.1) is 0 Å². The molecule has 0 spiro atoms. The largest absolute Gasteiger partial charge is 0.344 e. The minimum atomic E-state index is -0.195. The lowest BCUT2D eigenvalue weighted by molar-refractivity contribution is 0.674. The molecule has 1 aliphatic heterocycles. The van der Waals surface area contributed by atoms with Gasteiger partial charge in [-0.25, -0.2) is 9.98 Å². The maximum atomic E-state index is 5.02. The zero-order valence-corrected chi connectivity index (χ0v) is 19.7. The third-order valence-electron chi connectivity index (χ3n) is 6.50. The Hall–Kier alpha value is -4.28. The van der Waals surface area contributed by atoms with Crippen LogP contribution in [0, 0.1) is 0 Å². The Morgan fingerprint density at radius 2 is 1.37 bits per heavy atom. The Kier molecular flexibility index (Phi) is 4.71. The van der Waals surface area contributed by atoms with Gasteiger partial charge in [-0.2, -0.15) is 0 Å². The summed E-state index contributed by atoms with van der Waals surface area (Å²) in [5.41, 5.74) is 3.18. The number of aliphatic imine (C=N–C) groups is 2. The van der Waals surface area contributed by atoms with Crippen LogP contribution in [0.25, 0.3) is 30.9 Å². The minimum absolute atomic E-state index is 0.195. The zero-order chi connectivity index (χ0) is 23.2. The van der Waals surface area contributed by atoms with Crippen LogP contribution in [0.1, 0.15) is 22.9 Å². The van der Waals surface area contributed by atoms with E-state index >= 15 is 0 Å². The van der Waals surface area contributed by atoms with Gasteiger partial charge in [0.15, 0.2) is 5.84 Å². The predicted octanol–water partition coefficient (Wildman–Crippen LogP) is 7.70. The van der Waals surface area contributed by atoms with Gasteiger partial charge in [-0.3, -0.25) is 0 Å². The Morgan fingerprint density at radius 1 is 0.600 bits per heavy atom. The van der Waals surface area contributed by atoms with E-state index in [2.05, 4.69) is 84.2 Å². The topological polar surface area (TPSA) is 36.8 Å². The van der Waals surface area contributed by atoms with E-state index in [1.54, 1.807) is 0 Å². The van der Waals surface area contributed by atoms with Crippen molar-refractivity contribution in [3.05, 3.63) is 132 Å². The quantitative estimate of drug-likeness (QED) is 0.284. The summed E-state index contributed by atoms with van der Waals surface area (Å²) in [7, 11) is 0. The highest BCUT2D eigenvalue weighted by molar-refractivity contribution is 7.25. The molecular weight excluding hydrogens is 446 g/mol. The average Bonchev–Trinajstić information content (AvgIpc) is 3.29. The number of nitrogens with zero attached hydrogens (tertiary/aromatic N) is 2. The van der Waals surface area contributed by atoms with Crippen molar-refractivity contribution < 1.29 is 0 Å². The van der Waals surface area contributed by atoms with Crippen molar-refractivity contribution in [1.29, 1.82) is 0 Å². The second kappa shape index (κ2) is 8.19. The molecule has 1 unspecified atom stereocenters. The molecule has 0 bridgehead atoms. The van der Waals surface area contributed by atoms with Crippen LogP contribution in [0.5, 0.6) is 0 Å². The number of benzene rings is 5. The molecule has 4 heteroatoms. The van der Waals surface area contributed by atoms with Crippen molar-refractivity contribution >= 4 is 54.0 Å². The number of rotatable bonds is 3. The number of thiophene rings is 1. The van der Waals surface area contributed by atoms with Crippen molar-refractivity contribution in [3.8, 4) is 0 Å². The molecule has 35 heavy (non-hydrogen) atoms. The van der Waals surface area contributed by atoms with Crippen LogP contribution in [0.2, 0.25) is 0 Å². The normalized spacial score (nSPS) is 15.7. The summed E-state index contributed by atoms with van der Waals surface area (Å²) < 4.78 is 2.63. The summed E-state index contributed by atoms with van der Waals surface area (Å²) in [6, 6.07) is 40.4. The number of hydrogen-bond acceptors (Lipinski definition) is 4. The summed E-state index contributed by atoms with van der Waals surface area (Å²) in [4.78, 5) is 9.98. The SMILES string of the molecule is c1ccc(C2=NC(c3ccc4cc5c(cc4c3)sc3ccccc35)=NC(c3ccccc3)N2)cc1. The van der Waals surface area contributed by atoms with Crippen LogP contribution in [-0.4, -0.2) is 11.7 Å². The molecule has 0 aliphatic carbocycles. The maximum Gasteiger partial charge on any atom is 0.159 e. The van der Waals surface area contributed by atoms with Gasteiger partial charge in [0.1, 0.15) is 12.0 Å². The summed E-state index contributed by atoms with van der Waals surface area (Å²) in [6.45, 7) is 0. The summed E-state index contributed by atoms with van der Waals surface area (Å²) in [5, 5.41) is 8.60. The molecule has 1 N–H and O–H groups in total. The first-order chi connectivity index (χ1) is 17.3. The van der Waals surface area contributed by atoms with Gasteiger partial charge < -0.3 is 5.32 Å². The Morgan fingerprint density at radius 3 is 2.23 bits per heavy atom. The van der Waals surface area contributed by atoms with Crippen LogP contribution >= 0.6 is 11.3 Å². The molecule has 6 aromatic rings. The molecule has 5 aromatic carbocycles. The van der Waals surface area contributed by atoms with E-state index in [-0.39, 0.29) is 6.17 Å². The fourth-order valence-corrected chi connectivity index (χ4v) is 5.87. The molecule has 1 aliphatic rings. The summed E-state index contributed by atoms with van der Waals surface area (Å²) in [6.07, 6.45) is -0.195. The van der Waals surface area contributed by atoms with Gasteiger partial charge in [0.25, 0.3) is 0 Å². The molecular formula is C31H21N3S. The smallest absolute Gasteiger partial charge is 0.159 e. The molecule has 0 saturated heterocycles. The second-order valence-corrected chi connectivity index (χ2v) is 9.83. The van der Waals surface area contributed by atoms with Crippen molar-refractivity contribution in [3.63, 3.8) is 0 Å². The first-order valence-electron chi connectivity index (χ1n) is 11.7. The Balaban J connectivity index is 1.37. The van der Waals surface area contributed by atoms with Crippen molar-refractivity contribution in [1.82, 2.24) is 5.32 Å². The van der Waals surface area contributed by atoms with Gasteiger partial charge >= 0.3 is 0 Å². The predicted molar refractivity (Wildman–Crippen MR) is 149 cm³/mol. The zero-order valence-electron chi connectivity index (χ0n) is 18.8. The highest BCUT2D eigenvalue weighted by Crippen LogP contribution is 2.36. The van der Waals surface area contributed by atoms with Crippen LogP contribution in [-0.2, 0) is 0 Å². The van der Waals surface area contributed by atoms with Gasteiger partial charge in [0.2, 0.25) is 0 Å². The van der Waals surface area contributed by atoms with Gasteiger partial charge in [-0.1, -0.05) is 91.0 Å². The van der Waals surface area contributed by atoms with Crippen molar-refractivity contribution in [2.45, 2.75) is 6.17 Å². The van der Waals surface area contributed by atoms with Gasteiger partial charge in [0, 0.05) is 31.3 Å². The standard InChI is InChI=1S/C31H21N3S/c1-3-9-20(10-4-1)29-32-30(21-11-5-2-6-12-21)34-31(33-29)23-16-15-22-18-26-25-13-7-8-14-27(25)35-28(26)19-24(22)17-23/h1-19,29H,(H,32,33,34). The van der Waals surface area contributed by atoms with Gasteiger partial charge in [-0.05, 0) is 40.6 Å². The lowest BCUT2D eigenvalue weighted by atomic mass is 10.0. The van der Waals surface area contributed by atoms with E-state index in [1.807, 2.05) is 47.7 Å². The Bertz CT molecular complexity index is 1770. The molecule has 0 fully saturated rings. The number of hydrogen-bond donors (Lipinski definition) is 1. The number of fused-ring (bicyclic) bond motifs is 4. The first-order valence-corrected chi connectivity index (χ1v) is 12.5. The lowest BCUT2D eigenvalue weighted by Crippen LogP contribution is -2.33. The molecule has 2 heterocycles. The van der Waals surface area contributed by atoms with E-state index < -0.39 is 0 Å². The molecule has 0 amide bonds. The molecule has 1 atom stereocenters. The fraction of sp³-hybridized carbons (Fsp3) is 0.0323. The minimum Gasteiger partial charge on any atom is -0.344 e. The van der Waals surface area contributed by atoms with Crippen LogP contribution in [0.15, 0.2) is 125 Å². The molecule has 0 radical (unpaired) electrons. The molecule has 3 nitrogen and oxygen atoms in total. The number of nitrogens with one attached hydrogen (secondary N) is 1.